The van der Waals surface area contributed by atoms with Gasteiger partial charge < -0.3 is 15.5 Å². The third-order valence-corrected chi connectivity index (χ3v) is 3.80. The van der Waals surface area contributed by atoms with Crippen LogP contribution in [0.2, 0.25) is 0 Å². The molecule has 3 N–H and O–H groups in total. The number of carbonyl (C=O) groups is 1. The molecule has 2 rings (SSSR count). The van der Waals surface area contributed by atoms with Crippen LogP contribution >= 0.6 is 0 Å². The molecule has 0 aromatic carbocycles. The second-order valence-corrected chi connectivity index (χ2v) is 5.77. The van der Waals surface area contributed by atoms with Crippen LogP contribution in [0.3, 0.4) is 0 Å². The average molecular weight is 279 g/mol. The first-order chi connectivity index (χ1) is 9.54. The van der Waals surface area contributed by atoms with Crippen LogP contribution in [0.1, 0.15) is 42.4 Å². The topological polar surface area (TPSA) is 78.2 Å². The molecule has 1 fully saturated rings. The monoisotopic (exact) mass is 279 g/mol. The molecular weight excluding hydrogens is 254 g/mol. The Morgan fingerprint density at radius 3 is 2.95 bits per heavy atom. The molecule has 1 aromatic heterocycles. The maximum absolute atomic E-state index is 12.6. The zero-order chi connectivity index (χ0) is 14.7. The van der Waals surface area contributed by atoms with Gasteiger partial charge in [0.1, 0.15) is 0 Å². The summed E-state index contributed by atoms with van der Waals surface area (Å²) in [5, 5.41) is 7.04. The number of nitrogens with one attached hydrogen (secondary N) is 1. The van der Waals surface area contributed by atoms with E-state index in [4.69, 9.17) is 5.73 Å². The third kappa shape index (κ3) is 2.95. The highest BCUT2D eigenvalue weighted by atomic mass is 16.2. The van der Waals surface area contributed by atoms with Crippen molar-refractivity contribution in [2.75, 3.05) is 32.9 Å². The molecule has 2 heterocycles. The average Bonchev–Trinajstić information content (AvgIpc) is 2.97. The van der Waals surface area contributed by atoms with Crippen LogP contribution in [-0.2, 0) is 6.42 Å². The number of carbonyl (C=O) groups excluding carboxylic acids is 1. The van der Waals surface area contributed by atoms with E-state index in [1.807, 2.05) is 19.0 Å². The second-order valence-electron chi connectivity index (χ2n) is 5.77. The SMILES string of the molecule is CCCc1[nH]nc(C(=O)N2CCCC2CN(C)C)c1N. The zero-order valence-electron chi connectivity index (χ0n) is 12.6. The highest BCUT2D eigenvalue weighted by molar-refractivity contribution is 5.98. The van der Waals surface area contributed by atoms with Crippen LogP contribution in [0, 0.1) is 0 Å². The molecule has 1 unspecified atom stereocenters. The molecule has 112 valence electrons. The number of aryl methyl sites for hydroxylation is 1. The lowest BCUT2D eigenvalue weighted by molar-refractivity contribution is 0.0711. The quantitative estimate of drug-likeness (QED) is 0.846. The van der Waals surface area contributed by atoms with Crippen molar-refractivity contribution in [3.05, 3.63) is 11.4 Å². The van der Waals surface area contributed by atoms with Crippen molar-refractivity contribution < 1.29 is 4.79 Å². The number of hydrogen-bond donors (Lipinski definition) is 2. The van der Waals surface area contributed by atoms with Crippen molar-refractivity contribution in [3.8, 4) is 0 Å². The number of anilines is 1. The Morgan fingerprint density at radius 1 is 1.55 bits per heavy atom. The van der Waals surface area contributed by atoms with E-state index in [1.54, 1.807) is 0 Å². The van der Waals surface area contributed by atoms with E-state index >= 15 is 0 Å². The summed E-state index contributed by atoms with van der Waals surface area (Å²) in [6, 6.07) is 0.267. The van der Waals surface area contributed by atoms with Gasteiger partial charge in [-0.1, -0.05) is 13.3 Å². The number of nitrogens with zero attached hydrogens (tertiary/aromatic N) is 3. The Labute approximate surface area is 120 Å². The van der Waals surface area contributed by atoms with Gasteiger partial charge in [0.25, 0.3) is 5.91 Å². The van der Waals surface area contributed by atoms with E-state index < -0.39 is 0 Å². The number of H-pyrrole nitrogens is 1. The van der Waals surface area contributed by atoms with Crippen LogP contribution in [-0.4, -0.2) is 59.1 Å². The fraction of sp³-hybridized carbons (Fsp3) is 0.714. The molecular formula is C14H25N5O. The fourth-order valence-corrected chi connectivity index (χ4v) is 2.84. The van der Waals surface area contributed by atoms with Gasteiger partial charge in [-0.25, -0.2) is 0 Å². The van der Waals surface area contributed by atoms with Crippen LogP contribution in [0.4, 0.5) is 5.69 Å². The van der Waals surface area contributed by atoms with Gasteiger partial charge in [0.05, 0.1) is 11.4 Å². The molecule has 1 saturated heterocycles. The minimum atomic E-state index is -0.0366. The summed E-state index contributed by atoms with van der Waals surface area (Å²) >= 11 is 0. The predicted molar refractivity (Wildman–Crippen MR) is 79.6 cm³/mol. The maximum atomic E-state index is 12.6. The maximum Gasteiger partial charge on any atom is 0.276 e. The largest absolute Gasteiger partial charge is 0.395 e. The first-order valence-electron chi connectivity index (χ1n) is 7.33. The summed E-state index contributed by atoms with van der Waals surface area (Å²) in [7, 11) is 4.06. The van der Waals surface area contributed by atoms with Gasteiger partial charge >= 0.3 is 0 Å². The molecule has 1 aliphatic heterocycles. The molecule has 6 heteroatoms. The number of rotatable bonds is 5. The van der Waals surface area contributed by atoms with Gasteiger partial charge in [0.15, 0.2) is 5.69 Å². The summed E-state index contributed by atoms with van der Waals surface area (Å²) < 4.78 is 0. The van der Waals surface area contributed by atoms with Crippen molar-refractivity contribution in [2.24, 2.45) is 0 Å². The van der Waals surface area contributed by atoms with Crippen molar-refractivity contribution in [3.63, 3.8) is 0 Å². The standard InChI is InChI=1S/C14H25N5O/c1-4-6-11-12(15)13(17-16-11)14(20)19-8-5-7-10(19)9-18(2)3/h10H,4-9,15H2,1-3H3,(H,16,17). The number of aromatic amines is 1. The Morgan fingerprint density at radius 2 is 2.30 bits per heavy atom. The number of likely N-dealkylation sites (tertiary alicyclic amines) is 1. The van der Waals surface area contributed by atoms with E-state index in [0.717, 1.165) is 44.5 Å². The smallest absolute Gasteiger partial charge is 0.276 e. The molecule has 0 saturated carbocycles. The fourth-order valence-electron chi connectivity index (χ4n) is 2.84. The van der Waals surface area contributed by atoms with Crippen molar-refractivity contribution >= 4 is 11.6 Å². The summed E-state index contributed by atoms with van der Waals surface area (Å²) in [6.07, 6.45) is 3.91. The van der Waals surface area contributed by atoms with E-state index in [9.17, 15) is 4.79 Å². The summed E-state index contributed by atoms with van der Waals surface area (Å²) in [5.74, 6) is -0.0366. The lowest BCUT2D eigenvalue weighted by atomic mass is 10.1. The van der Waals surface area contributed by atoms with Crippen molar-refractivity contribution in [1.29, 1.82) is 0 Å². The number of hydrogen-bond acceptors (Lipinski definition) is 4. The number of amides is 1. The highest BCUT2D eigenvalue weighted by Crippen LogP contribution is 2.23. The van der Waals surface area contributed by atoms with Crippen LogP contribution < -0.4 is 5.73 Å². The Bertz CT molecular complexity index is 468. The molecule has 0 radical (unpaired) electrons. The number of likely N-dealkylation sites (N-methyl/N-ethyl adjacent to an activating group) is 1. The van der Waals surface area contributed by atoms with Crippen LogP contribution in [0.15, 0.2) is 0 Å². The molecule has 1 amide bonds. The Kier molecular flexibility index (Phi) is 4.65. The molecule has 6 nitrogen and oxygen atoms in total. The first kappa shape index (κ1) is 14.8. The minimum absolute atomic E-state index is 0.0366. The second kappa shape index (κ2) is 6.26. The van der Waals surface area contributed by atoms with Crippen molar-refractivity contribution in [2.45, 2.75) is 38.6 Å². The number of nitrogen functional groups attached to an aromatic ring is 1. The molecule has 0 aliphatic carbocycles. The Hall–Kier alpha value is -1.56. The lowest BCUT2D eigenvalue weighted by Crippen LogP contribution is -2.41. The predicted octanol–water partition coefficient (Wildman–Crippen LogP) is 1.11. The molecule has 0 spiro atoms. The van der Waals surface area contributed by atoms with Gasteiger partial charge in [-0.15, -0.1) is 0 Å². The normalized spacial score (nSPS) is 19.0. The summed E-state index contributed by atoms with van der Waals surface area (Å²) in [4.78, 5) is 16.7. The van der Waals surface area contributed by atoms with Crippen molar-refractivity contribution in [1.82, 2.24) is 20.0 Å². The van der Waals surface area contributed by atoms with Gasteiger partial charge in [-0.05, 0) is 33.4 Å². The first-order valence-corrected chi connectivity index (χ1v) is 7.33. The third-order valence-electron chi connectivity index (χ3n) is 3.80. The van der Waals surface area contributed by atoms with E-state index in [2.05, 4.69) is 22.0 Å². The molecule has 0 bridgehead atoms. The van der Waals surface area contributed by atoms with E-state index in [1.165, 1.54) is 0 Å². The summed E-state index contributed by atoms with van der Waals surface area (Å²) in [5.41, 5.74) is 7.84. The zero-order valence-corrected chi connectivity index (χ0v) is 12.6. The van der Waals surface area contributed by atoms with Crippen LogP contribution in [0.25, 0.3) is 0 Å². The van der Waals surface area contributed by atoms with Gasteiger partial charge in [0, 0.05) is 19.1 Å². The van der Waals surface area contributed by atoms with E-state index in [-0.39, 0.29) is 11.9 Å². The molecule has 1 aliphatic rings. The highest BCUT2D eigenvalue weighted by Gasteiger charge is 2.32. The number of aromatic nitrogens is 2. The Balaban J connectivity index is 2.14. The van der Waals surface area contributed by atoms with E-state index in [0.29, 0.717) is 11.4 Å². The lowest BCUT2D eigenvalue weighted by Gasteiger charge is -2.26. The minimum Gasteiger partial charge on any atom is -0.395 e. The molecule has 1 atom stereocenters. The molecule has 20 heavy (non-hydrogen) atoms. The van der Waals surface area contributed by atoms with Gasteiger partial charge in [0.2, 0.25) is 0 Å². The summed E-state index contributed by atoms with van der Waals surface area (Å²) in [6.45, 7) is 3.76. The molecule has 1 aromatic rings. The number of nitrogens with two attached hydrogens (primary N) is 1. The van der Waals surface area contributed by atoms with Gasteiger partial charge in [-0.3, -0.25) is 9.89 Å². The van der Waals surface area contributed by atoms with Crippen LogP contribution in [0.5, 0.6) is 0 Å². The van der Waals surface area contributed by atoms with Gasteiger partial charge in [-0.2, -0.15) is 5.10 Å².